The minimum atomic E-state index is -0.424. The van der Waals surface area contributed by atoms with Crippen LogP contribution in [0.15, 0.2) is 59.5 Å². The molecule has 158 valence electrons. The van der Waals surface area contributed by atoms with Crippen LogP contribution in [0, 0.1) is 5.82 Å². The first-order valence-electron chi connectivity index (χ1n) is 10.1. The molecule has 1 aliphatic heterocycles. The van der Waals surface area contributed by atoms with Crippen LogP contribution in [-0.4, -0.2) is 39.8 Å². The van der Waals surface area contributed by atoms with Crippen LogP contribution in [0.25, 0.3) is 16.6 Å². The number of rotatable bonds is 4. The maximum atomic E-state index is 13.9. The first-order chi connectivity index (χ1) is 15.0. The van der Waals surface area contributed by atoms with E-state index in [0.717, 1.165) is 30.8 Å². The highest BCUT2D eigenvalue weighted by molar-refractivity contribution is 5.92. The van der Waals surface area contributed by atoms with Gasteiger partial charge in [0.2, 0.25) is 0 Å². The van der Waals surface area contributed by atoms with E-state index in [1.807, 2.05) is 22.9 Å². The SMILES string of the molecule is CN1CCC(c2cn(-c3ccc(Oc4ccccc4F)cc3)c3c(N)n[nH]c(=O)c23)C1. The number of hydrogen-bond donors (Lipinski definition) is 2. The van der Waals surface area contributed by atoms with Gasteiger partial charge < -0.3 is 19.9 Å². The van der Waals surface area contributed by atoms with E-state index < -0.39 is 5.82 Å². The molecular formula is C23H22FN5O2. The smallest absolute Gasteiger partial charge is 0.274 e. The first-order valence-corrected chi connectivity index (χ1v) is 10.1. The second kappa shape index (κ2) is 7.55. The topological polar surface area (TPSA) is 89.2 Å². The standard InChI is InChI=1S/C23H22FN5O2/c1-28-11-10-14(12-28)17-13-29(21-20(17)23(30)27-26-22(21)25)15-6-8-16(9-7-15)31-19-5-3-2-4-18(19)24/h2-9,13-14H,10-12H2,1H3,(H2,25,26)(H,27,30). The van der Waals surface area contributed by atoms with E-state index in [0.29, 0.717) is 16.7 Å². The molecule has 0 spiro atoms. The summed E-state index contributed by atoms with van der Waals surface area (Å²) in [4.78, 5) is 14.9. The number of hydrogen-bond acceptors (Lipinski definition) is 5. The number of nitrogens with zero attached hydrogens (tertiary/aromatic N) is 3. The average Bonchev–Trinajstić information content (AvgIpc) is 3.38. The normalized spacial score (nSPS) is 16.8. The molecule has 4 aromatic rings. The molecule has 1 fully saturated rings. The summed E-state index contributed by atoms with van der Waals surface area (Å²) in [6.45, 7) is 1.87. The van der Waals surface area contributed by atoms with Gasteiger partial charge in [-0.15, -0.1) is 0 Å². The minimum Gasteiger partial charge on any atom is -0.454 e. The molecule has 2 aromatic carbocycles. The van der Waals surface area contributed by atoms with E-state index in [1.165, 1.54) is 6.07 Å². The third-order valence-corrected chi connectivity index (χ3v) is 5.79. The van der Waals surface area contributed by atoms with Crippen molar-refractivity contribution >= 4 is 16.7 Å². The molecule has 0 saturated carbocycles. The molecule has 0 radical (unpaired) electrons. The first kappa shape index (κ1) is 19.3. The van der Waals surface area contributed by atoms with E-state index in [4.69, 9.17) is 10.5 Å². The number of fused-ring (bicyclic) bond motifs is 1. The fraction of sp³-hybridized carbons (Fsp3) is 0.217. The van der Waals surface area contributed by atoms with Crippen molar-refractivity contribution in [2.24, 2.45) is 0 Å². The molecule has 2 aromatic heterocycles. The fourth-order valence-corrected chi connectivity index (χ4v) is 4.27. The highest BCUT2D eigenvalue weighted by Crippen LogP contribution is 2.35. The van der Waals surface area contributed by atoms with E-state index in [9.17, 15) is 9.18 Å². The van der Waals surface area contributed by atoms with Gasteiger partial charge in [-0.25, -0.2) is 9.49 Å². The van der Waals surface area contributed by atoms with E-state index in [2.05, 4.69) is 22.1 Å². The monoisotopic (exact) mass is 419 g/mol. The second-order valence-corrected chi connectivity index (χ2v) is 7.89. The number of likely N-dealkylation sites (N-methyl/N-ethyl adjacent to an activating group) is 1. The number of nitrogens with one attached hydrogen (secondary N) is 1. The summed E-state index contributed by atoms with van der Waals surface area (Å²) in [6.07, 6.45) is 2.96. The van der Waals surface area contributed by atoms with Crippen molar-refractivity contribution in [2.45, 2.75) is 12.3 Å². The molecule has 8 heteroatoms. The fourth-order valence-electron chi connectivity index (χ4n) is 4.27. The Bertz CT molecular complexity index is 1310. The summed E-state index contributed by atoms with van der Waals surface area (Å²) in [6, 6.07) is 13.5. The van der Waals surface area contributed by atoms with Crippen molar-refractivity contribution in [1.29, 1.82) is 0 Å². The Balaban J connectivity index is 1.56. The minimum absolute atomic E-state index is 0.161. The molecule has 5 rings (SSSR count). The molecule has 1 atom stereocenters. The summed E-state index contributed by atoms with van der Waals surface area (Å²) >= 11 is 0. The molecule has 1 unspecified atom stereocenters. The second-order valence-electron chi connectivity index (χ2n) is 7.89. The van der Waals surface area contributed by atoms with Crippen LogP contribution in [0.1, 0.15) is 17.9 Å². The predicted molar refractivity (Wildman–Crippen MR) is 117 cm³/mol. The highest BCUT2D eigenvalue weighted by Gasteiger charge is 2.27. The Labute approximate surface area is 177 Å². The maximum Gasteiger partial charge on any atom is 0.274 e. The number of ether oxygens (including phenoxy) is 1. The van der Waals surface area contributed by atoms with Crippen molar-refractivity contribution in [2.75, 3.05) is 25.9 Å². The van der Waals surface area contributed by atoms with Crippen molar-refractivity contribution in [3.63, 3.8) is 0 Å². The molecular weight excluding hydrogens is 397 g/mol. The van der Waals surface area contributed by atoms with Crippen LogP contribution in [0.4, 0.5) is 10.2 Å². The zero-order chi connectivity index (χ0) is 21.5. The molecule has 0 aliphatic carbocycles. The summed E-state index contributed by atoms with van der Waals surface area (Å²) in [5.74, 6) is 0.757. The summed E-state index contributed by atoms with van der Waals surface area (Å²) in [5, 5.41) is 7.07. The van der Waals surface area contributed by atoms with Crippen LogP contribution < -0.4 is 16.0 Å². The molecule has 1 aliphatic rings. The Kier molecular flexibility index (Phi) is 4.71. The molecule has 1 saturated heterocycles. The van der Waals surface area contributed by atoms with E-state index in [-0.39, 0.29) is 23.0 Å². The summed E-state index contributed by atoms with van der Waals surface area (Å²) < 4.78 is 21.4. The van der Waals surface area contributed by atoms with Crippen LogP contribution in [0.5, 0.6) is 11.5 Å². The predicted octanol–water partition coefficient (Wildman–Crippen LogP) is 3.65. The van der Waals surface area contributed by atoms with Crippen molar-refractivity contribution < 1.29 is 9.13 Å². The van der Waals surface area contributed by atoms with Gasteiger partial charge in [0.05, 0.1) is 5.39 Å². The van der Waals surface area contributed by atoms with Gasteiger partial charge in [-0.1, -0.05) is 12.1 Å². The number of para-hydroxylation sites is 1. The number of halogens is 1. The van der Waals surface area contributed by atoms with Crippen molar-refractivity contribution in [3.05, 3.63) is 76.5 Å². The van der Waals surface area contributed by atoms with Gasteiger partial charge in [0.1, 0.15) is 11.3 Å². The number of anilines is 1. The largest absolute Gasteiger partial charge is 0.454 e. The van der Waals surface area contributed by atoms with Gasteiger partial charge in [-0.3, -0.25) is 4.79 Å². The lowest BCUT2D eigenvalue weighted by Gasteiger charge is -2.10. The zero-order valence-corrected chi connectivity index (χ0v) is 17.0. The molecule has 7 nitrogen and oxygen atoms in total. The third-order valence-electron chi connectivity index (χ3n) is 5.79. The highest BCUT2D eigenvalue weighted by atomic mass is 19.1. The molecule has 3 heterocycles. The van der Waals surface area contributed by atoms with Crippen LogP contribution in [0.3, 0.4) is 0 Å². The summed E-state index contributed by atoms with van der Waals surface area (Å²) in [7, 11) is 2.08. The molecule has 31 heavy (non-hydrogen) atoms. The molecule has 3 N–H and O–H groups in total. The van der Waals surface area contributed by atoms with Gasteiger partial charge in [0, 0.05) is 24.3 Å². The summed E-state index contributed by atoms with van der Waals surface area (Å²) in [5.41, 5.74) is 8.30. The lowest BCUT2D eigenvalue weighted by molar-refractivity contribution is 0.412. The average molecular weight is 419 g/mol. The van der Waals surface area contributed by atoms with Crippen molar-refractivity contribution in [3.8, 4) is 17.2 Å². The van der Waals surface area contributed by atoms with Gasteiger partial charge in [0.15, 0.2) is 17.4 Å². The lowest BCUT2D eigenvalue weighted by atomic mass is 9.99. The number of likely N-dealkylation sites (tertiary alicyclic amines) is 1. The number of nitrogen functional groups attached to an aromatic ring is 1. The van der Waals surface area contributed by atoms with E-state index in [1.54, 1.807) is 30.3 Å². The Morgan fingerprint density at radius 3 is 2.68 bits per heavy atom. The number of H-pyrrole nitrogens is 1. The number of aromatic amines is 1. The maximum absolute atomic E-state index is 13.9. The Morgan fingerprint density at radius 1 is 1.19 bits per heavy atom. The van der Waals surface area contributed by atoms with Gasteiger partial charge in [-0.2, -0.15) is 5.10 Å². The van der Waals surface area contributed by atoms with Gasteiger partial charge in [-0.05, 0) is 62.0 Å². The van der Waals surface area contributed by atoms with Gasteiger partial charge >= 0.3 is 0 Å². The molecule has 0 amide bonds. The molecule has 0 bridgehead atoms. The number of aromatic nitrogens is 3. The lowest BCUT2D eigenvalue weighted by Crippen LogP contribution is -2.15. The number of benzene rings is 2. The van der Waals surface area contributed by atoms with Crippen LogP contribution >= 0.6 is 0 Å². The van der Waals surface area contributed by atoms with Crippen molar-refractivity contribution in [1.82, 2.24) is 19.7 Å². The quantitative estimate of drug-likeness (QED) is 0.527. The van der Waals surface area contributed by atoms with Crippen LogP contribution in [-0.2, 0) is 0 Å². The Hall–Kier alpha value is -3.65. The Morgan fingerprint density at radius 2 is 1.97 bits per heavy atom. The third kappa shape index (κ3) is 3.44. The number of nitrogens with two attached hydrogens (primary N) is 1. The van der Waals surface area contributed by atoms with Crippen LogP contribution in [0.2, 0.25) is 0 Å². The zero-order valence-electron chi connectivity index (χ0n) is 17.0. The van der Waals surface area contributed by atoms with E-state index >= 15 is 0 Å². The van der Waals surface area contributed by atoms with Gasteiger partial charge in [0.25, 0.3) is 5.56 Å².